The van der Waals surface area contributed by atoms with Crippen LogP contribution in [0, 0.1) is 25.2 Å². The lowest BCUT2D eigenvalue weighted by atomic mass is 10.1. The third-order valence-corrected chi connectivity index (χ3v) is 6.57. The summed E-state index contributed by atoms with van der Waals surface area (Å²) in [6.07, 6.45) is 1.59. The minimum Gasteiger partial charge on any atom is -0.282 e. The van der Waals surface area contributed by atoms with E-state index in [1.165, 1.54) is 14.4 Å². The lowest BCUT2D eigenvalue weighted by Crippen LogP contribution is -2.49. The molecule has 3 rings (SSSR count). The van der Waals surface area contributed by atoms with Gasteiger partial charge in [-0.1, -0.05) is 30.3 Å². The second-order valence-electron chi connectivity index (χ2n) is 6.92. The summed E-state index contributed by atoms with van der Waals surface area (Å²) in [5, 5.41) is 14.7. The fourth-order valence-corrected chi connectivity index (χ4v) is 4.30. The van der Waals surface area contributed by atoms with Crippen LogP contribution in [0.2, 0.25) is 0 Å². The van der Waals surface area contributed by atoms with Crippen molar-refractivity contribution in [2.45, 2.75) is 20.5 Å². The number of nitriles is 1. The molecule has 1 aliphatic heterocycles. The molecule has 9 heteroatoms. The number of aromatic nitrogens is 2. The maximum Gasteiger partial charge on any atom is 0.286 e. The highest BCUT2D eigenvalue weighted by molar-refractivity contribution is 7.92. The van der Waals surface area contributed by atoms with Crippen LogP contribution in [0.1, 0.15) is 22.4 Å². The van der Waals surface area contributed by atoms with Gasteiger partial charge in [-0.15, -0.1) is 0 Å². The molecule has 1 saturated heterocycles. The maximum absolute atomic E-state index is 12.6. The van der Waals surface area contributed by atoms with Gasteiger partial charge in [0.2, 0.25) is 10.0 Å². The molecule has 152 valence electrons. The Morgan fingerprint density at radius 2 is 1.79 bits per heavy atom. The van der Waals surface area contributed by atoms with Crippen molar-refractivity contribution < 1.29 is 8.42 Å². The van der Waals surface area contributed by atoms with Gasteiger partial charge in [0.25, 0.3) is 5.56 Å². The normalized spacial score (nSPS) is 16.2. The molecule has 1 aliphatic rings. The molecule has 0 saturated carbocycles. The van der Waals surface area contributed by atoms with Crippen molar-refractivity contribution in [3.63, 3.8) is 0 Å². The van der Waals surface area contributed by atoms with Gasteiger partial charge in [0, 0.05) is 31.6 Å². The topological polar surface area (TPSA) is 99.3 Å². The van der Waals surface area contributed by atoms with Crippen molar-refractivity contribution in [1.82, 2.24) is 19.0 Å². The van der Waals surface area contributed by atoms with Crippen molar-refractivity contribution in [3.05, 3.63) is 68.5 Å². The van der Waals surface area contributed by atoms with Crippen molar-refractivity contribution >= 4 is 16.1 Å². The van der Waals surface area contributed by atoms with Crippen molar-refractivity contribution in [3.8, 4) is 6.07 Å². The molecule has 0 atom stereocenters. The van der Waals surface area contributed by atoms with E-state index in [9.17, 15) is 18.5 Å². The van der Waals surface area contributed by atoms with Gasteiger partial charge >= 0.3 is 0 Å². The SMILES string of the molecule is Cc1nn(CN2CCN(S(=O)(=O)/C=C/c3ccccc3)CC2)c(=O)c(C#N)c1C. The first-order chi connectivity index (χ1) is 13.8. The van der Waals surface area contributed by atoms with Crippen molar-refractivity contribution in [2.24, 2.45) is 0 Å². The summed E-state index contributed by atoms with van der Waals surface area (Å²) in [6, 6.07) is 11.2. The molecule has 0 amide bonds. The van der Waals surface area contributed by atoms with Gasteiger partial charge in [-0.25, -0.2) is 13.1 Å². The Balaban J connectivity index is 1.65. The average Bonchev–Trinajstić information content (AvgIpc) is 2.72. The standard InChI is InChI=1S/C20H23N5O3S/c1-16-17(2)22-25(20(26)19(16)14-21)15-23-9-11-24(12-10-23)29(27,28)13-8-18-6-4-3-5-7-18/h3-8,13H,9-12,15H2,1-2H3/b13-8+. The fraction of sp³-hybridized carbons (Fsp3) is 0.350. The predicted octanol–water partition coefficient (Wildman–Crippen LogP) is 1.31. The van der Waals surface area contributed by atoms with Gasteiger partial charge in [-0.2, -0.15) is 14.7 Å². The molecule has 8 nitrogen and oxygen atoms in total. The summed E-state index contributed by atoms with van der Waals surface area (Å²) in [6.45, 7) is 5.29. The fourth-order valence-electron chi connectivity index (χ4n) is 3.13. The van der Waals surface area contributed by atoms with E-state index in [2.05, 4.69) is 5.10 Å². The zero-order valence-electron chi connectivity index (χ0n) is 16.4. The second kappa shape index (κ2) is 8.69. The van der Waals surface area contributed by atoms with E-state index in [0.29, 0.717) is 37.4 Å². The molecule has 0 spiro atoms. The van der Waals surface area contributed by atoms with E-state index >= 15 is 0 Å². The Bertz CT molecular complexity index is 1110. The summed E-state index contributed by atoms with van der Waals surface area (Å²) < 4.78 is 27.8. The largest absolute Gasteiger partial charge is 0.286 e. The number of sulfonamides is 1. The number of aryl methyl sites for hydroxylation is 1. The minimum atomic E-state index is -3.51. The van der Waals surface area contributed by atoms with Gasteiger partial charge in [0.15, 0.2) is 0 Å². The number of hydrogen-bond donors (Lipinski definition) is 0. The van der Waals surface area contributed by atoms with Crippen LogP contribution >= 0.6 is 0 Å². The highest BCUT2D eigenvalue weighted by atomic mass is 32.2. The van der Waals surface area contributed by atoms with Crippen LogP contribution in [0.4, 0.5) is 0 Å². The molecule has 1 aromatic heterocycles. The zero-order valence-corrected chi connectivity index (χ0v) is 17.3. The van der Waals surface area contributed by atoms with Gasteiger partial charge in [-0.05, 0) is 31.1 Å². The number of hydrogen-bond acceptors (Lipinski definition) is 6. The molecule has 0 unspecified atom stereocenters. The average molecular weight is 414 g/mol. The molecule has 2 aromatic rings. The maximum atomic E-state index is 12.6. The summed E-state index contributed by atoms with van der Waals surface area (Å²) >= 11 is 0. The summed E-state index contributed by atoms with van der Waals surface area (Å²) in [5.74, 6) is 0. The number of rotatable bonds is 5. The molecule has 0 aliphatic carbocycles. The Morgan fingerprint density at radius 3 is 2.41 bits per heavy atom. The van der Waals surface area contributed by atoms with E-state index in [0.717, 1.165) is 5.56 Å². The van der Waals surface area contributed by atoms with E-state index in [4.69, 9.17) is 0 Å². The Hall–Kier alpha value is -2.80. The van der Waals surface area contributed by atoms with Gasteiger partial charge in [0.1, 0.15) is 11.6 Å². The Kier molecular flexibility index (Phi) is 6.27. The second-order valence-corrected chi connectivity index (χ2v) is 8.74. The first kappa shape index (κ1) is 20.9. The zero-order chi connectivity index (χ0) is 21.0. The van der Waals surface area contributed by atoms with Crippen LogP contribution < -0.4 is 5.56 Å². The van der Waals surface area contributed by atoms with Crippen LogP contribution in [-0.2, 0) is 16.7 Å². The lowest BCUT2D eigenvalue weighted by Gasteiger charge is -2.33. The molecule has 1 fully saturated rings. The highest BCUT2D eigenvalue weighted by Gasteiger charge is 2.25. The first-order valence-corrected chi connectivity index (χ1v) is 10.8. The van der Waals surface area contributed by atoms with Crippen LogP contribution in [0.5, 0.6) is 0 Å². The summed E-state index contributed by atoms with van der Waals surface area (Å²) in [5.41, 5.74) is 1.73. The minimum absolute atomic E-state index is 0.102. The van der Waals surface area contributed by atoms with Gasteiger partial charge in [0.05, 0.1) is 12.4 Å². The quantitative estimate of drug-likeness (QED) is 0.733. The molecule has 0 radical (unpaired) electrons. The molecular formula is C20H23N5O3S. The Morgan fingerprint density at radius 1 is 1.14 bits per heavy atom. The third-order valence-electron chi connectivity index (χ3n) is 5.01. The lowest BCUT2D eigenvalue weighted by molar-refractivity contribution is 0.143. The van der Waals surface area contributed by atoms with E-state index in [1.807, 2.05) is 41.3 Å². The Labute approximate surface area is 170 Å². The highest BCUT2D eigenvalue weighted by Crippen LogP contribution is 2.12. The third kappa shape index (κ3) is 4.79. The number of piperazine rings is 1. The summed E-state index contributed by atoms with van der Waals surface area (Å²) in [4.78, 5) is 14.4. The number of benzene rings is 1. The van der Waals surface area contributed by atoms with Crippen LogP contribution in [0.15, 0.2) is 40.5 Å². The van der Waals surface area contributed by atoms with E-state index in [1.54, 1.807) is 19.9 Å². The molecule has 29 heavy (non-hydrogen) atoms. The molecule has 1 aromatic carbocycles. The van der Waals surface area contributed by atoms with E-state index < -0.39 is 15.6 Å². The van der Waals surface area contributed by atoms with Crippen LogP contribution in [-0.4, -0.2) is 53.6 Å². The monoisotopic (exact) mass is 413 g/mol. The van der Waals surface area contributed by atoms with Crippen molar-refractivity contribution in [1.29, 1.82) is 5.26 Å². The predicted molar refractivity (Wildman–Crippen MR) is 110 cm³/mol. The van der Waals surface area contributed by atoms with Gasteiger partial charge in [-0.3, -0.25) is 9.69 Å². The molecule has 2 heterocycles. The smallest absolute Gasteiger partial charge is 0.282 e. The number of nitrogens with zero attached hydrogens (tertiary/aromatic N) is 5. The van der Waals surface area contributed by atoms with E-state index in [-0.39, 0.29) is 12.2 Å². The molecule has 0 N–H and O–H groups in total. The molecular weight excluding hydrogens is 390 g/mol. The van der Waals surface area contributed by atoms with Crippen molar-refractivity contribution in [2.75, 3.05) is 26.2 Å². The first-order valence-electron chi connectivity index (χ1n) is 9.26. The van der Waals surface area contributed by atoms with Crippen LogP contribution in [0.25, 0.3) is 6.08 Å². The molecule has 0 bridgehead atoms. The van der Waals surface area contributed by atoms with Gasteiger partial charge < -0.3 is 0 Å². The summed E-state index contributed by atoms with van der Waals surface area (Å²) in [7, 11) is -3.51. The van der Waals surface area contributed by atoms with Crippen LogP contribution in [0.3, 0.4) is 0 Å².